The maximum atomic E-state index is 12.0. The summed E-state index contributed by atoms with van der Waals surface area (Å²) in [4.78, 5) is 22.7. The Bertz CT molecular complexity index is 721. The largest absolute Gasteiger partial charge is 0.508 e. The lowest BCUT2D eigenvalue weighted by Crippen LogP contribution is -2.11. The standard InChI is InChI=1S/C18H18O6/c19-14-6-1-12(2-7-14)3-10-18(23)24-16-11-15(20)8-4-13(16)5-9-17(21)22/h1-2,4,6-8,11,19-20H,3,5,9-10H2,(H,21,22). The minimum Gasteiger partial charge on any atom is -0.508 e. The number of rotatable bonds is 7. The molecule has 0 aliphatic rings. The molecule has 6 heteroatoms. The number of carboxylic acid groups (broad SMARTS) is 1. The highest BCUT2D eigenvalue weighted by atomic mass is 16.5. The highest BCUT2D eigenvalue weighted by Crippen LogP contribution is 2.26. The van der Waals surface area contributed by atoms with E-state index in [2.05, 4.69) is 0 Å². The van der Waals surface area contributed by atoms with E-state index in [-0.39, 0.29) is 36.5 Å². The molecule has 2 rings (SSSR count). The predicted octanol–water partition coefficient (Wildman–Crippen LogP) is 2.65. The zero-order chi connectivity index (χ0) is 17.5. The van der Waals surface area contributed by atoms with E-state index in [0.717, 1.165) is 5.56 Å². The van der Waals surface area contributed by atoms with Gasteiger partial charge in [-0.25, -0.2) is 0 Å². The molecule has 0 heterocycles. The Morgan fingerprint density at radius 1 is 0.875 bits per heavy atom. The van der Waals surface area contributed by atoms with Crippen LogP contribution in [0, 0.1) is 0 Å². The third kappa shape index (κ3) is 5.31. The number of phenols is 2. The summed E-state index contributed by atoms with van der Waals surface area (Å²) < 4.78 is 5.26. The third-order valence-electron chi connectivity index (χ3n) is 3.44. The average molecular weight is 330 g/mol. The fourth-order valence-corrected chi connectivity index (χ4v) is 2.17. The van der Waals surface area contributed by atoms with Crippen LogP contribution in [-0.2, 0) is 22.4 Å². The molecule has 0 radical (unpaired) electrons. The van der Waals surface area contributed by atoms with Gasteiger partial charge in [-0.2, -0.15) is 0 Å². The van der Waals surface area contributed by atoms with Crippen molar-refractivity contribution in [3.8, 4) is 17.2 Å². The van der Waals surface area contributed by atoms with E-state index in [9.17, 15) is 19.8 Å². The van der Waals surface area contributed by atoms with E-state index < -0.39 is 11.9 Å². The quantitative estimate of drug-likeness (QED) is 0.532. The normalized spacial score (nSPS) is 10.3. The molecule has 2 aromatic carbocycles. The van der Waals surface area contributed by atoms with Crippen LogP contribution in [0.1, 0.15) is 24.0 Å². The van der Waals surface area contributed by atoms with E-state index >= 15 is 0 Å². The minimum atomic E-state index is -0.951. The van der Waals surface area contributed by atoms with E-state index in [4.69, 9.17) is 9.84 Å². The molecule has 0 fully saturated rings. The van der Waals surface area contributed by atoms with E-state index in [1.165, 1.54) is 12.1 Å². The van der Waals surface area contributed by atoms with Crippen LogP contribution in [0.5, 0.6) is 17.2 Å². The third-order valence-corrected chi connectivity index (χ3v) is 3.44. The number of carboxylic acids is 1. The first-order valence-corrected chi connectivity index (χ1v) is 7.46. The second-order valence-electron chi connectivity index (χ2n) is 5.33. The Hall–Kier alpha value is -3.02. The zero-order valence-corrected chi connectivity index (χ0v) is 12.9. The van der Waals surface area contributed by atoms with Gasteiger partial charge >= 0.3 is 11.9 Å². The summed E-state index contributed by atoms with van der Waals surface area (Å²) in [6.45, 7) is 0. The van der Waals surface area contributed by atoms with Crippen LogP contribution in [-0.4, -0.2) is 27.3 Å². The summed E-state index contributed by atoms with van der Waals surface area (Å²) in [5, 5.41) is 27.5. The van der Waals surface area contributed by atoms with Gasteiger partial charge in [0, 0.05) is 18.9 Å². The van der Waals surface area contributed by atoms with Crippen molar-refractivity contribution < 1.29 is 29.6 Å². The van der Waals surface area contributed by atoms with Crippen LogP contribution in [0.2, 0.25) is 0 Å². The number of benzene rings is 2. The van der Waals surface area contributed by atoms with E-state index in [0.29, 0.717) is 12.0 Å². The number of aliphatic carboxylic acids is 1. The van der Waals surface area contributed by atoms with Crippen molar-refractivity contribution in [3.05, 3.63) is 53.6 Å². The molecule has 126 valence electrons. The number of phenolic OH excluding ortho intramolecular Hbond substituents is 2. The van der Waals surface area contributed by atoms with Crippen LogP contribution < -0.4 is 4.74 Å². The summed E-state index contributed by atoms with van der Waals surface area (Å²) in [6, 6.07) is 10.8. The predicted molar refractivity (Wildman–Crippen MR) is 86.1 cm³/mol. The molecule has 0 amide bonds. The smallest absolute Gasteiger partial charge is 0.311 e. The molecule has 2 aromatic rings. The molecule has 6 nitrogen and oxygen atoms in total. The molecule has 0 saturated carbocycles. The van der Waals surface area contributed by atoms with Gasteiger partial charge in [0.05, 0.1) is 0 Å². The molecule has 0 unspecified atom stereocenters. The van der Waals surface area contributed by atoms with Gasteiger partial charge in [-0.3, -0.25) is 9.59 Å². The van der Waals surface area contributed by atoms with Crippen LogP contribution in [0.3, 0.4) is 0 Å². The molecule has 0 saturated heterocycles. The lowest BCUT2D eigenvalue weighted by Gasteiger charge is -2.10. The molecule has 24 heavy (non-hydrogen) atoms. The fraction of sp³-hybridized carbons (Fsp3) is 0.222. The Labute approximate surface area is 138 Å². The molecule has 0 aliphatic heterocycles. The Kier molecular flexibility index (Phi) is 5.78. The topological polar surface area (TPSA) is 104 Å². The van der Waals surface area contributed by atoms with Crippen molar-refractivity contribution in [2.24, 2.45) is 0 Å². The molecule has 0 aromatic heterocycles. The molecule has 0 aliphatic carbocycles. The number of esters is 1. The molecule has 3 N–H and O–H groups in total. The Morgan fingerprint density at radius 2 is 1.54 bits per heavy atom. The summed E-state index contributed by atoms with van der Waals surface area (Å²) in [5.41, 5.74) is 1.43. The highest BCUT2D eigenvalue weighted by Gasteiger charge is 2.12. The van der Waals surface area contributed by atoms with Gasteiger partial charge < -0.3 is 20.1 Å². The lowest BCUT2D eigenvalue weighted by molar-refractivity contribution is -0.137. The molecule has 0 bridgehead atoms. The summed E-state index contributed by atoms with van der Waals surface area (Å²) >= 11 is 0. The van der Waals surface area contributed by atoms with Crippen LogP contribution in [0.15, 0.2) is 42.5 Å². The molecule has 0 atom stereocenters. The van der Waals surface area contributed by atoms with Gasteiger partial charge in [-0.15, -0.1) is 0 Å². The van der Waals surface area contributed by atoms with Gasteiger partial charge in [0.15, 0.2) is 0 Å². The summed E-state index contributed by atoms with van der Waals surface area (Å²) in [7, 11) is 0. The second kappa shape index (κ2) is 8.01. The van der Waals surface area contributed by atoms with Crippen LogP contribution in [0.25, 0.3) is 0 Å². The molecule has 0 spiro atoms. The zero-order valence-electron chi connectivity index (χ0n) is 12.9. The first-order chi connectivity index (χ1) is 11.4. The number of hydrogen-bond acceptors (Lipinski definition) is 5. The minimum absolute atomic E-state index is 0.0598. The van der Waals surface area contributed by atoms with Gasteiger partial charge in [0.25, 0.3) is 0 Å². The van der Waals surface area contributed by atoms with Crippen molar-refractivity contribution in [1.82, 2.24) is 0 Å². The van der Waals surface area contributed by atoms with E-state index in [1.54, 1.807) is 30.3 Å². The highest BCUT2D eigenvalue weighted by molar-refractivity contribution is 5.73. The number of aryl methyl sites for hydroxylation is 2. The fourth-order valence-electron chi connectivity index (χ4n) is 2.17. The van der Waals surface area contributed by atoms with E-state index in [1.807, 2.05) is 0 Å². The maximum absolute atomic E-state index is 12.0. The van der Waals surface area contributed by atoms with Crippen molar-refractivity contribution in [3.63, 3.8) is 0 Å². The van der Waals surface area contributed by atoms with Gasteiger partial charge in [0.2, 0.25) is 0 Å². The summed E-state index contributed by atoms with van der Waals surface area (Å²) in [5.74, 6) is -1.16. The average Bonchev–Trinajstić information content (AvgIpc) is 2.53. The van der Waals surface area contributed by atoms with Gasteiger partial charge in [-0.05, 0) is 42.2 Å². The van der Waals surface area contributed by atoms with Crippen molar-refractivity contribution in [1.29, 1.82) is 0 Å². The van der Waals surface area contributed by atoms with Crippen molar-refractivity contribution in [2.75, 3.05) is 0 Å². The van der Waals surface area contributed by atoms with Crippen molar-refractivity contribution in [2.45, 2.75) is 25.7 Å². The number of carbonyl (C=O) groups is 2. The number of ether oxygens (including phenoxy) is 1. The Morgan fingerprint density at radius 3 is 2.21 bits per heavy atom. The number of carbonyl (C=O) groups excluding carboxylic acids is 1. The number of aromatic hydroxyl groups is 2. The maximum Gasteiger partial charge on any atom is 0.311 e. The molecular formula is C18H18O6. The van der Waals surface area contributed by atoms with Crippen LogP contribution in [0.4, 0.5) is 0 Å². The lowest BCUT2D eigenvalue weighted by atomic mass is 10.1. The second-order valence-corrected chi connectivity index (χ2v) is 5.33. The Balaban J connectivity index is 1.98. The van der Waals surface area contributed by atoms with Crippen molar-refractivity contribution >= 4 is 11.9 Å². The SMILES string of the molecule is O=C(O)CCc1ccc(O)cc1OC(=O)CCc1ccc(O)cc1. The first kappa shape index (κ1) is 17.3. The number of hydrogen-bond donors (Lipinski definition) is 3. The summed E-state index contributed by atoms with van der Waals surface area (Å²) in [6.07, 6.45) is 0.681. The van der Waals surface area contributed by atoms with Gasteiger partial charge in [0.1, 0.15) is 17.2 Å². The first-order valence-electron chi connectivity index (χ1n) is 7.46. The van der Waals surface area contributed by atoms with Crippen LogP contribution >= 0.6 is 0 Å². The molecular weight excluding hydrogens is 312 g/mol. The van der Waals surface area contributed by atoms with Gasteiger partial charge in [-0.1, -0.05) is 18.2 Å². The monoisotopic (exact) mass is 330 g/mol.